The van der Waals surface area contributed by atoms with Crippen LogP contribution in [0, 0.1) is 17.8 Å². The maximum absolute atomic E-state index is 2.43. The van der Waals surface area contributed by atoms with Crippen molar-refractivity contribution in [2.24, 2.45) is 17.8 Å². The van der Waals surface area contributed by atoms with E-state index in [9.17, 15) is 0 Å². The van der Waals surface area contributed by atoms with Crippen molar-refractivity contribution in [2.45, 2.75) is 34.1 Å². The molecule has 1 aliphatic carbocycles. The highest BCUT2D eigenvalue weighted by molar-refractivity contribution is 5.10. The molecule has 0 heteroatoms. The van der Waals surface area contributed by atoms with E-state index in [1.54, 1.807) is 5.57 Å². The van der Waals surface area contributed by atoms with Crippen LogP contribution in [0.15, 0.2) is 23.8 Å². The van der Waals surface area contributed by atoms with Crippen LogP contribution in [0.4, 0.5) is 0 Å². The molecule has 0 nitrogen and oxygen atoms in total. The third-order valence-electron chi connectivity index (χ3n) is 3.06. The Balaban J connectivity index is 2.77. The highest BCUT2D eigenvalue weighted by Crippen LogP contribution is 2.24. The lowest BCUT2D eigenvalue weighted by molar-refractivity contribution is 0.532. The van der Waals surface area contributed by atoms with E-state index in [2.05, 4.69) is 45.9 Å². The molecule has 12 heavy (non-hydrogen) atoms. The Labute approximate surface area is 76.4 Å². The van der Waals surface area contributed by atoms with Gasteiger partial charge in [-0.2, -0.15) is 0 Å². The lowest BCUT2D eigenvalue weighted by Crippen LogP contribution is -2.07. The van der Waals surface area contributed by atoms with Crippen LogP contribution in [-0.4, -0.2) is 0 Å². The Bertz CT molecular complexity index is 198. The molecule has 0 N–H and O–H groups in total. The largest absolute Gasteiger partial charge is 0.0877 e. The summed E-state index contributed by atoms with van der Waals surface area (Å²) in [6.45, 7) is 9.16. The minimum atomic E-state index is 0.698. The third kappa shape index (κ3) is 2.23. The van der Waals surface area contributed by atoms with Crippen LogP contribution >= 0.6 is 0 Å². The summed E-state index contributed by atoms with van der Waals surface area (Å²) in [5, 5.41) is 0. The predicted octanol–water partition coefficient (Wildman–Crippen LogP) is 3.80. The number of rotatable bonds is 0. The lowest BCUT2D eigenvalue weighted by atomic mass is 9.86. The normalized spacial score (nSPS) is 37.0. The van der Waals surface area contributed by atoms with E-state index in [1.807, 2.05) is 0 Å². The standard InChI is InChI=1S/C12H20/c1-9-6-5-7-10(2)12(4)8-11(9)3/h5-6,8-11H,7H2,1-4H3. The first-order valence-corrected chi connectivity index (χ1v) is 4.96. The maximum atomic E-state index is 2.43. The van der Waals surface area contributed by atoms with Crippen molar-refractivity contribution in [1.82, 2.24) is 0 Å². The van der Waals surface area contributed by atoms with Gasteiger partial charge in [-0.3, -0.25) is 0 Å². The molecule has 0 aliphatic heterocycles. The molecule has 0 saturated heterocycles. The number of hydrogen-bond donors (Lipinski definition) is 0. The van der Waals surface area contributed by atoms with Gasteiger partial charge >= 0.3 is 0 Å². The fraction of sp³-hybridized carbons (Fsp3) is 0.667. The zero-order valence-electron chi connectivity index (χ0n) is 8.67. The highest BCUT2D eigenvalue weighted by atomic mass is 14.2. The molecule has 1 rings (SSSR count). The van der Waals surface area contributed by atoms with E-state index in [-0.39, 0.29) is 0 Å². The quantitative estimate of drug-likeness (QED) is 0.478. The molecule has 0 fully saturated rings. The summed E-state index contributed by atoms with van der Waals surface area (Å²) in [7, 11) is 0. The van der Waals surface area contributed by atoms with Gasteiger partial charge in [-0.1, -0.05) is 44.6 Å². The highest BCUT2D eigenvalue weighted by Gasteiger charge is 2.11. The second-order valence-electron chi connectivity index (χ2n) is 4.19. The molecule has 1 aliphatic rings. The molecular weight excluding hydrogens is 144 g/mol. The average molecular weight is 164 g/mol. The van der Waals surface area contributed by atoms with Crippen molar-refractivity contribution in [3.05, 3.63) is 23.8 Å². The van der Waals surface area contributed by atoms with E-state index in [0.29, 0.717) is 11.8 Å². The van der Waals surface area contributed by atoms with Crippen LogP contribution in [0.5, 0.6) is 0 Å². The molecule has 0 aromatic carbocycles. The second kappa shape index (κ2) is 3.93. The van der Waals surface area contributed by atoms with E-state index < -0.39 is 0 Å². The van der Waals surface area contributed by atoms with Gasteiger partial charge in [0.15, 0.2) is 0 Å². The Hall–Kier alpha value is -0.520. The van der Waals surface area contributed by atoms with Crippen molar-refractivity contribution in [2.75, 3.05) is 0 Å². The predicted molar refractivity (Wildman–Crippen MR) is 55.0 cm³/mol. The molecule has 0 bridgehead atoms. The van der Waals surface area contributed by atoms with Crippen LogP contribution in [0.25, 0.3) is 0 Å². The van der Waals surface area contributed by atoms with Crippen molar-refractivity contribution in [3.8, 4) is 0 Å². The smallest absolute Gasteiger partial charge is 0.0199 e. The Morgan fingerprint density at radius 1 is 1.17 bits per heavy atom. The fourth-order valence-corrected chi connectivity index (χ4v) is 1.59. The fourth-order valence-electron chi connectivity index (χ4n) is 1.59. The van der Waals surface area contributed by atoms with Crippen molar-refractivity contribution in [1.29, 1.82) is 0 Å². The van der Waals surface area contributed by atoms with Crippen molar-refractivity contribution < 1.29 is 0 Å². The summed E-state index contributed by atoms with van der Waals surface area (Å²) in [5.41, 5.74) is 1.55. The van der Waals surface area contributed by atoms with Gasteiger partial charge in [0.25, 0.3) is 0 Å². The number of allylic oxidation sites excluding steroid dienone is 4. The number of hydrogen-bond acceptors (Lipinski definition) is 0. The first-order chi connectivity index (χ1) is 5.61. The Kier molecular flexibility index (Phi) is 3.13. The summed E-state index contributed by atoms with van der Waals surface area (Å²) in [6.07, 6.45) is 8.32. The molecule has 3 atom stereocenters. The maximum Gasteiger partial charge on any atom is -0.0199 e. The summed E-state index contributed by atoms with van der Waals surface area (Å²) >= 11 is 0. The molecule has 68 valence electrons. The van der Waals surface area contributed by atoms with Gasteiger partial charge in [-0.05, 0) is 31.1 Å². The molecule has 0 aromatic heterocycles. The van der Waals surface area contributed by atoms with E-state index >= 15 is 0 Å². The van der Waals surface area contributed by atoms with Crippen LogP contribution in [0.3, 0.4) is 0 Å². The average Bonchev–Trinajstić information content (AvgIpc) is 2.02. The molecule has 0 heterocycles. The van der Waals surface area contributed by atoms with Crippen LogP contribution in [0.1, 0.15) is 34.1 Å². The van der Waals surface area contributed by atoms with Crippen LogP contribution in [0.2, 0.25) is 0 Å². The zero-order valence-corrected chi connectivity index (χ0v) is 8.67. The monoisotopic (exact) mass is 164 g/mol. The lowest BCUT2D eigenvalue weighted by Gasteiger charge is -2.19. The SMILES string of the molecule is CC1=CC(C)C(C)C=CCC1C. The van der Waals surface area contributed by atoms with Gasteiger partial charge < -0.3 is 0 Å². The molecule has 0 radical (unpaired) electrons. The van der Waals surface area contributed by atoms with Gasteiger partial charge in [-0.15, -0.1) is 0 Å². The second-order valence-corrected chi connectivity index (χ2v) is 4.19. The van der Waals surface area contributed by atoms with Crippen LogP contribution < -0.4 is 0 Å². The van der Waals surface area contributed by atoms with E-state index in [0.717, 1.165) is 5.92 Å². The first-order valence-electron chi connectivity index (χ1n) is 4.96. The van der Waals surface area contributed by atoms with Crippen LogP contribution in [-0.2, 0) is 0 Å². The van der Waals surface area contributed by atoms with E-state index in [4.69, 9.17) is 0 Å². The Morgan fingerprint density at radius 3 is 2.50 bits per heavy atom. The molecule has 0 saturated carbocycles. The summed E-state index contributed by atoms with van der Waals surface area (Å²) in [5.74, 6) is 2.13. The topological polar surface area (TPSA) is 0 Å². The minimum Gasteiger partial charge on any atom is -0.0877 e. The molecular formula is C12H20. The van der Waals surface area contributed by atoms with E-state index in [1.165, 1.54) is 6.42 Å². The van der Waals surface area contributed by atoms with Gasteiger partial charge in [0.05, 0.1) is 0 Å². The van der Waals surface area contributed by atoms with Gasteiger partial charge in [0.1, 0.15) is 0 Å². The third-order valence-corrected chi connectivity index (χ3v) is 3.06. The van der Waals surface area contributed by atoms with Crippen molar-refractivity contribution >= 4 is 0 Å². The van der Waals surface area contributed by atoms with Gasteiger partial charge in [0, 0.05) is 0 Å². The summed E-state index contributed by atoms with van der Waals surface area (Å²) in [4.78, 5) is 0. The molecule has 0 aromatic rings. The summed E-state index contributed by atoms with van der Waals surface area (Å²) in [6, 6.07) is 0. The van der Waals surface area contributed by atoms with Crippen molar-refractivity contribution in [3.63, 3.8) is 0 Å². The molecule has 0 amide bonds. The minimum absolute atomic E-state index is 0.698. The molecule has 3 unspecified atom stereocenters. The summed E-state index contributed by atoms with van der Waals surface area (Å²) < 4.78 is 0. The van der Waals surface area contributed by atoms with Gasteiger partial charge in [-0.25, -0.2) is 0 Å². The first kappa shape index (κ1) is 9.57. The molecule has 0 spiro atoms. The zero-order chi connectivity index (χ0) is 9.14. The Morgan fingerprint density at radius 2 is 1.83 bits per heavy atom. The van der Waals surface area contributed by atoms with Gasteiger partial charge in [0.2, 0.25) is 0 Å².